The number of esters is 1. The molecule has 1 atom stereocenters. The van der Waals surface area contributed by atoms with Gasteiger partial charge < -0.3 is 4.74 Å². The van der Waals surface area contributed by atoms with E-state index in [2.05, 4.69) is 0 Å². The minimum Gasteiger partial charge on any atom is -0.466 e. The van der Waals surface area contributed by atoms with E-state index in [4.69, 9.17) is 4.74 Å². The smallest absolute Gasteiger partial charge is 0.305 e. The summed E-state index contributed by atoms with van der Waals surface area (Å²) in [5, 5.41) is 0. The number of nitrogens with zero attached hydrogens (tertiary/aromatic N) is 1. The highest BCUT2D eigenvalue weighted by Crippen LogP contribution is 2.35. The van der Waals surface area contributed by atoms with Crippen molar-refractivity contribution in [3.05, 3.63) is 0 Å². The molecule has 112 valence electrons. The van der Waals surface area contributed by atoms with E-state index in [1.54, 1.807) is 6.92 Å². The predicted octanol–water partition coefficient (Wildman–Crippen LogP) is 3.23. The highest BCUT2D eigenvalue weighted by molar-refractivity contribution is 5.69. The molecular formula is C14H25F2NO2. The average Bonchev–Trinajstić information content (AvgIpc) is 2.25. The monoisotopic (exact) mass is 277 g/mol. The number of carbonyl (C=O) groups excluding carboxylic acids is 1. The molecule has 19 heavy (non-hydrogen) atoms. The van der Waals surface area contributed by atoms with Gasteiger partial charge in [0.25, 0.3) is 5.92 Å². The van der Waals surface area contributed by atoms with Gasteiger partial charge in [-0.3, -0.25) is 9.69 Å². The number of piperidine rings is 1. The Bertz CT molecular complexity index is 313. The molecule has 0 N–H and O–H groups in total. The number of alkyl halides is 2. The molecular weight excluding hydrogens is 252 g/mol. The highest BCUT2D eigenvalue weighted by Gasteiger charge is 2.43. The lowest BCUT2D eigenvalue weighted by molar-refractivity contribution is -0.144. The standard InChI is InChI=1S/C14H25F2NO2/c1-5-19-12(18)7-6-11-8-9-14(15,16)10-17(11)13(2,3)4/h11H,5-10H2,1-4H3/t11-/m0/s1. The van der Waals surface area contributed by atoms with Crippen molar-refractivity contribution in [2.24, 2.45) is 0 Å². The summed E-state index contributed by atoms with van der Waals surface area (Å²) in [5.74, 6) is -2.86. The van der Waals surface area contributed by atoms with Gasteiger partial charge in [0, 0.05) is 24.4 Å². The normalized spacial score (nSPS) is 24.2. The minimum atomic E-state index is -2.62. The Hall–Kier alpha value is -0.710. The first-order valence-corrected chi connectivity index (χ1v) is 6.96. The maximum atomic E-state index is 13.5. The second kappa shape index (κ2) is 6.16. The number of likely N-dealkylation sites (tertiary alicyclic amines) is 1. The van der Waals surface area contributed by atoms with Gasteiger partial charge in [-0.05, 0) is 40.5 Å². The Morgan fingerprint density at radius 2 is 2.05 bits per heavy atom. The maximum absolute atomic E-state index is 13.5. The van der Waals surface area contributed by atoms with Crippen molar-refractivity contribution in [3.63, 3.8) is 0 Å². The van der Waals surface area contributed by atoms with Crippen molar-refractivity contribution in [1.29, 1.82) is 0 Å². The van der Waals surface area contributed by atoms with Gasteiger partial charge in [-0.2, -0.15) is 0 Å². The summed E-state index contributed by atoms with van der Waals surface area (Å²) in [7, 11) is 0. The third-order valence-corrected chi connectivity index (χ3v) is 3.53. The van der Waals surface area contributed by atoms with E-state index >= 15 is 0 Å². The number of halogens is 2. The summed E-state index contributed by atoms with van der Waals surface area (Å²) in [6, 6.07) is 0.0315. The molecule has 5 heteroatoms. The van der Waals surface area contributed by atoms with Gasteiger partial charge in [-0.1, -0.05) is 0 Å². The van der Waals surface area contributed by atoms with Crippen LogP contribution in [-0.2, 0) is 9.53 Å². The summed E-state index contributed by atoms with van der Waals surface area (Å²) in [4.78, 5) is 13.2. The van der Waals surface area contributed by atoms with Crippen LogP contribution in [0.1, 0.15) is 53.4 Å². The molecule has 0 spiro atoms. The van der Waals surface area contributed by atoms with Crippen LogP contribution in [0.2, 0.25) is 0 Å². The van der Waals surface area contributed by atoms with Crippen molar-refractivity contribution in [2.75, 3.05) is 13.2 Å². The largest absolute Gasteiger partial charge is 0.466 e. The van der Waals surface area contributed by atoms with Gasteiger partial charge in [-0.25, -0.2) is 8.78 Å². The number of carbonyl (C=O) groups is 1. The lowest BCUT2D eigenvalue weighted by Gasteiger charge is -2.47. The summed E-state index contributed by atoms with van der Waals surface area (Å²) >= 11 is 0. The molecule has 1 aliphatic rings. The fraction of sp³-hybridized carbons (Fsp3) is 0.929. The van der Waals surface area contributed by atoms with E-state index in [0.29, 0.717) is 25.9 Å². The zero-order chi connectivity index (χ0) is 14.7. The molecule has 0 saturated carbocycles. The van der Waals surface area contributed by atoms with E-state index in [-0.39, 0.29) is 30.5 Å². The Morgan fingerprint density at radius 1 is 1.42 bits per heavy atom. The van der Waals surface area contributed by atoms with Gasteiger partial charge in [0.1, 0.15) is 0 Å². The molecule has 0 bridgehead atoms. The van der Waals surface area contributed by atoms with Gasteiger partial charge >= 0.3 is 5.97 Å². The molecule has 3 nitrogen and oxygen atoms in total. The average molecular weight is 277 g/mol. The van der Waals surface area contributed by atoms with Crippen LogP contribution in [-0.4, -0.2) is 41.5 Å². The molecule has 0 aliphatic carbocycles. The molecule has 0 amide bonds. The van der Waals surface area contributed by atoms with E-state index in [1.165, 1.54) is 0 Å². The summed E-state index contributed by atoms with van der Waals surface area (Å²) in [5.41, 5.74) is -0.316. The molecule has 0 aromatic heterocycles. The van der Waals surface area contributed by atoms with Crippen LogP contribution in [0.15, 0.2) is 0 Å². The number of hydrogen-bond donors (Lipinski definition) is 0. The van der Waals surface area contributed by atoms with Crippen LogP contribution < -0.4 is 0 Å². The Labute approximate surface area is 114 Å². The van der Waals surface area contributed by atoms with Crippen LogP contribution in [0, 0.1) is 0 Å². The molecule has 1 rings (SSSR count). The zero-order valence-corrected chi connectivity index (χ0v) is 12.3. The van der Waals surface area contributed by atoms with Crippen molar-refractivity contribution >= 4 is 5.97 Å². The van der Waals surface area contributed by atoms with Gasteiger partial charge in [0.15, 0.2) is 0 Å². The topological polar surface area (TPSA) is 29.5 Å². The summed E-state index contributed by atoms with van der Waals surface area (Å²) in [6.45, 7) is 7.72. The molecule has 1 heterocycles. The van der Waals surface area contributed by atoms with Gasteiger partial charge in [0.05, 0.1) is 13.2 Å². The molecule has 1 fully saturated rings. The van der Waals surface area contributed by atoms with Crippen LogP contribution >= 0.6 is 0 Å². The Kier molecular flexibility index (Phi) is 5.30. The SMILES string of the molecule is CCOC(=O)CC[C@H]1CCC(F)(F)CN1C(C)(C)C. The molecule has 1 aliphatic heterocycles. The van der Waals surface area contributed by atoms with Crippen LogP contribution in [0.3, 0.4) is 0 Å². The predicted molar refractivity (Wildman–Crippen MR) is 70.3 cm³/mol. The highest BCUT2D eigenvalue weighted by atomic mass is 19.3. The fourth-order valence-corrected chi connectivity index (χ4v) is 2.59. The first-order valence-electron chi connectivity index (χ1n) is 6.96. The first kappa shape index (κ1) is 16.3. The van der Waals surface area contributed by atoms with Crippen LogP contribution in [0.5, 0.6) is 0 Å². The lowest BCUT2D eigenvalue weighted by atomic mass is 9.90. The minimum absolute atomic E-state index is 0.0315. The number of ether oxygens (including phenoxy) is 1. The van der Waals surface area contributed by atoms with Gasteiger partial charge in [0.2, 0.25) is 0 Å². The fourth-order valence-electron chi connectivity index (χ4n) is 2.59. The van der Waals surface area contributed by atoms with E-state index in [1.807, 2.05) is 25.7 Å². The third kappa shape index (κ3) is 5.05. The summed E-state index contributed by atoms with van der Waals surface area (Å²) < 4.78 is 32.0. The van der Waals surface area contributed by atoms with Crippen molar-refractivity contribution < 1.29 is 18.3 Å². The number of rotatable bonds is 4. The number of hydrogen-bond acceptors (Lipinski definition) is 3. The molecule has 0 aromatic carbocycles. The van der Waals surface area contributed by atoms with E-state index in [0.717, 1.165) is 0 Å². The first-order chi connectivity index (χ1) is 8.65. The second-order valence-electron chi connectivity index (χ2n) is 6.19. The van der Waals surface area contributed by atoms with E-state index < -0.39 is 5.92 Å². The van der Waals surface area contributed by atoms with Crippen LogP contribution in [0.4, 0.5) is 8.78 Å². The summed E-state index contributed by atoms with van der Waals surface area (Å²) in [6.07, 6.45) is 1.24. The van der Waals surface area contributed by atoms with Gasteiger partial charge in [-0.15, -0.1) is 0 Å². The molecule has 0 unspecified atom stereocenters. The van der Waals surface area contributed by atoms with Crippen LogP contribution in [0.25, 0.3) is 0 Å². The lowest BCUT2D eigenvalue weighted by Crippen LogP contribution is -2.56. The zero-order valence-electron chi connectivity index (χ0n) is 12.3. The second-order valence-corrected chi connectivity index (χ2v) is 6.19. The molecule has 0 aromatic rings. The molecule has 0 radical (unpaired) electrons. The quantitative estimate of drug-likeness (QED) is 0.739. The molecule has 1 saturated heterocycles. The van der Waals surface area contributed by atoms with E-state index in [9.17, 15) is 13.6 Å². The van der Waals surface area contributed by atoms with Crippen molar-refractivity contribution in [1.82, 2.24) is 4.90 Å². The Balaban J connectivity index is 2.62. The van der Waals surface area contributed by atoms with Crippen molar-refractivity contribution in [3.8, 4) is 0 Å². The maximum Gasteiger partial charge on any atom is 0.305 e. The van der Waals surface area contributed by atoms with Crippen molar-refractivity contribution in [2.45, 2.75) is 70.9 Å². The Morgan fingerprint density at radius 3 is 2.58 bits per heavy atom. The third-order valence-electron chi connectivity index (χ3n) is 3.53.